The molecule has 16 heavy (non-hydrogen) atoms. The first-order valence-electron chi connectivity index (χ1n) is 5.02. The van der Waals surface area contributed by atoms with Crippen molar-refractivity contribution in [2.45, 2.75) is 6.04 Å². The highest BCUT2D eigenvalue weighted by Gasteiger charge is 2.25. The van der Waals surface area contributed by atoms with Gasteiger partial charge in [-0.15, -0.1) is 11.3 Å². The van der Waals surface area contributed by atoms with Gasteiger partial charge in [0.15, 0.2) is 0 Å². The maximum atomic E-state index is 12.1. The van der Waals surface area contributed by atoms with Crippen LogP contribution in [0.4, 0.5) is 5.00 Å². The van der Waals surface area contributed by atoms with E-state index in [1.807, 2.05) is 12.1 Å². The van der Waals surface area contributed by atoms with Crippen molar-refractivity contribution in [3.8, 4) is 0 Å². The minimum absolute atomic E-state index is 0.0500. The predicted molar refractivity (Wildman–Crippen MR) is 68.0 cm³/mol. The second-order valence-corrected chi connectivity index (χ2v) is 6.00. The van der Waals surface area contributed by atoms with Gasteiger partial charge in [0.2, 0.25) is 5.91 Å². The summed E-state index contributed by atoms with van der Waals surface area (Å²) in [6.45, 7) is 1.87. The number of thiophene rings is 1. The third kappa shape index (κ3) is 2.63. The average Bonchev–Trinajstić information content (AvgIpc) is 2.75. The van der Waals surface area contributed by atoms with E-state index in [-0.39, 0.29) is 11.9 Å². The van der Waals surface area contributed by atoms with Crippen molar-refractivity contribution in [3.63, 3.8) is 0 Å². The Morgan fingerprint density at radius 1 is 1.69 bits per heavy atom. The zero-order valence-electron chi connectivity index (χ0n) is 8.90. The summed E-state index contributed by atoms with van der Waals surface area (Å²) < 4.78 is 6.30. The molecule has 1 aliphatic heterocycles. The summed E-state index contributed by atoms with van der Waals surface area (Å²) in [7, 11) is 1.79. The molecule has 1 aromatic rings. The molecule has 1 fully saturated rings. The van der Waals surface area contributed by atoms with E-state index >= 15 is 0 Å². The first-order chi connectivity index (χ1) is 7.68. The van der Waals surface area contributed by atoms with Crippen molar-refractivity contribution < 1.29 is 9.53 Å². The number of ether oxygens (including phenoxy) is 1. The zero-order chi connectivity index (χ0) is 11.5. The van der Waals surface area contributed by atoms with Crippen molar-refractivity contribution in [1.82, 2.24) is 5.32 Å². The first kappa shape index (κ1) is 12.0. The smallest absolute Gasteiger partial charge is 0.246 e. The molecule has 1 aromatic heterocycles. The third-order valence-corrected chi connectivity index (χ3v) is 4.14. The molecule has 6 heteroatoms. The summed E-state index contributed by atoms with van der Waals surface area (Å²) in [5.41, 5.74) is 0. The molecule has 1 saturated heterocycles. The number of anilines is 1. The summed E-state index contributed by atoms with van der Waals surface area (Å²) in [4.78, 5) is 13.8. The van der Waals surface area contributed by atoms with E-state index in [1.54, 1.807) is 23.3 Å². The average molecular weight is 305 g/mol. The second-order valence-electron chi connectivity index (χ2n) is 3.56. The maximum Gasteiger partial charge on any atom is 0.246 e. The molecule has 0 aromatic carbocycles. The molecule has 0 radical (unpaired) electrons. The fraction of sp³-hybridized carbons (Fsp3) is 0.500. The van der Waals surface area contributed by atoms with Crippen LogP contribution in [0.5, 0.6) is 0 Å². The van der Waals surface area contributed by atoms with Crippen LogP contribution in [0.15, 0.2) is 15.9 Å². The van der Waals surface area contributed by atoms with Gasteiger partial charge in [0.1, 0.15) is 6.04 Å². The Hall–Kier alpha value is -0.430. The number of likely N-dealkylation sites (N-methyl/N-ethyl adjacent to an activating group) is 1. The fourth-order valence-corrected chi connectivity index (χ4v) is 2.88. The van der Waals surface area contributed by atoms with Crippen LogP contribution in [0.3, 0.4) is 0 Å². The Balaban J connectivity index is 2.03. The molecule has 1 amide bonds. The Kier molecular flexibility index (Phi) is 3.96. The summed E-state index contributed by atoms with van der Waals surface area (Å²) in [6, 6.07) is 3.64. The first-order valence-corrected chi connectivity index (χ1v) is 6.63. The number of morpholine rings is 1. The number of nitrogens with one attached hydrogen (secondary N) is 1. The summed E-state index contributed by atoms with van der Waals surface area (Å²) >= 11 is 4.93. The quantitative estimate of drug-likeness (QED) is 0.899. The summed E-state index contributed by atoms with van der Waals surface area (Å²) in [5, 5.41) is 4.09. The molecule has 2 heterocycles. The number of hydrogen-bond acceptors (Lipinski definition) is 4. The SMILES string of the molecule is CN(C(=O)C1COCCN1)c1ccc(Br)s1. The number of nitrogens with zero attached hydrogens (tertiary/aromatic N) is 1. The van der Waals surface area contributed by atoms with E-state index in [2.05, 4.69) is 21.2 Å². The van der Waals surface area contributed by atoms with Crippen LogP contribution in [0.2, 0.25) is 0 Å². The molecule has 2 rings (SSSR count). The molecule has 88 valence electrons. The zero-order valence-corrected chi connectivity index (χ0v) is 11.3. The summed E-state index contributed by atoms with van der Waals surface area (Å²) in [5.74, 6) is 0.0500. The highest BCUT2D eigenvalue weighted by Crippen LogP contribution is 2.29. The normalized spacial score (nSPS) is 20.8. The van der Waals surface area contributed by atoms with E-state index in [0.29, 0.717) is 13.2 Å². The summed E-state index contributed by atoms with van der Waals surface area (Å²) in [6.07, 6.45) is 0. The van der Waals surface area contributed by atoms with Gasteiger partial charge in [-0.25, -0.2) is 0 Å². The number of rotatable bonds is 2. The van der Waals surface area contributed by atoms with E-state index < -0.39 is 0 Å². The van der Waals surface area contributed by atoms with Gasteiger partial charge in [-0.2, -0.15) is 0 Å². The fourth-order valence-electron chi connectivity index (χ4n) is 1.55. The molecule has 0 spiro atoms. The minimum Gasteiger partial charge on any atom is -0.378 e. The third-order valence-electron chi connectivity index (χ3n) is 2.44. The van der Waals surface area contributed by atoms with Gasteiger partial charge in [-0.05, 0) is 28.1 Å². The van der Waals surface area contributed by atoms with Crippen molar-refractivity contribution in [1.29, 1.82) is 0 Å². The van der Waals surface area contributed by atoms with Gasteiger partial charge < -0.3 is 15.0 Å². The maximum absolute atomic E-state index is 12.1. The lowest BCUT2D eigenvalue weighted by Crippen LogP contribution is -2.51. The molecule has 1 N–H and O–H groups in total. The Bertz CT molecular complexity index is 377. The molecule has 1 aliphatic rings. The van der Waals surface area contributed by atoms with Gasteiger partial charge in [-0.1, -0.05) is 0 Å². The van der Waals surface area contributed by atoms with E-state index in [1.165, 1.54) is 0 Å². The molecular weight excluding hydrogens is 292 g/mol. The van der Waals surface area contributed by atoms with Crippen molar-refractivity contribution in [3.05, 3.63) is 15.9 Å². The van der Waals surface area contributed by atoms with E-state index in [4.69, 9.17) is 4.74 Å². The van der Waals surface area contributed by atoms with Crippen LogP contribution in [0, 0.1) is 0 Å². The number of halogens is 1. The van der Waals surface area contributed by atoms with Crippen LogP contribution >= 0.6 is 27.3 Å². The van der Waals surface area contributed by atoms with Gasteiger partial charge in [0, 0.05) is 13.6 Å². The molecule has 4 nitrogen and oxygen atoms in total. The molecule has 1 unspecified atom stereocenters. The van der Waals surface area contributed by atoms with Gasteiger partial charge in [-0.3, -0.25) is 4.79 Å². The molecule has 0 aliphatic carbocycles. The lowest BCUT2D eigenvalue weighted by atomic mass is 10.2. The minimum atomic E-state index is -0.223. The van der Waals surface area contributed by atoms with Crippen molar-refractivity contribution >= 4 is 38.2 Å². The largest absolute Gasteiger partial charge is 0.378 e. The number of carbonyl (C=O) groups is 1. The number of carbonyl (C=O) groups excluding carboxylic acids is 1. The lowest BCUT2D eigenvalue weighted by Gasteiger charge is -2.26. The lowest BCUT2D eigenvalue weighted by molar-refractivity contribution is -0.123. The Morgan fingerprint density at radius 3 is 3.06 bits per heavy atom. The standard InChI is InChI=1S/C10H13BrN2O2S/c1-13(9-3-2-8(11)16-9)10(14)7-6-15-5-4-12-7/h2-3,7,12H,4-6H2,1H3. The topological polar surface area (TPSA) is 41.6 Å². The highest BCUT2D eigenvalue weighted by atomic mass is 79.9. The predicted octanol–water partition coefficient (Wildman–Crippen LogP) is 1.46. The van der Waals surface area contributed by atoms with Crippen molar-refractivity contribution in [2.75, 3.05) is 31.7 Å². The number of hydrogen-bond donors (Lipinski definition) is 1. The van der Waals surface area contributed by atoms with Gasteiger partial charge in [0.25, 0.3) is 0 Å². The van der Waals surface area contributed by atoms with Crippen LogP contribution < -0.4 is 10.2 Å². The van der Waals surface area contributed by atoms with Crippen LogP contribution in [0.1, 0.15) is 0 Å². The van der Waals surface area contributed by atoms with Gasteiger partial charge >= 0.3 is 0 Å². The Labute approximate surface area is 107 Å². The van der Waals surface area contributed by atoms with Crippen LogP contribution in [-0.2, 0) is 9.53 Å². The monoisotopic (exact) mass is 304 g/mol. The van der Waals surface area contributed by atoms with Crippen molar-refractivity contribution in [2.24, 2.45) is 0 Å². The second kappa shape index (κ2) is 5.27. The molecule has 0 saturated carbocycles. The highest BCUT2D eigenvalue weighted by molar-refractivity contribution is 9.11. The molecule has 1 atom stereocenters. The molecular formula is C10H13BrN2O2S. The Morgan fingerprint density at radius 2 is 2.50 bits per heavy atom. The van der Waals surface area contributed by atoms with Crippen LogP contribution in [0.25, 0.3) is 0 Å². The molecule has 0 bridgehead atoms. The van der Waals surface area contributed by atoms with Gasteiger partial charge in [0.05, 0.1) is 22.0 Å². The number of amides is 1. The van der Waals surface area contributed by atoms with E-state index in [9.17, 15) is 4.79 Å². The van der Waals surface area contributed by atoms with E-state index in [0.717, 1.165) is 15.3 Å². The van der Waals surface area contributed by atoms with Crippen LogP contribution in [-0.4, -0.2) is 38.8 Å².